The zero-order valence-corrected chi connectivity index (χ0v) is 13.1. The molecule has 0 saturated carbocycles. The van der Waals surface area contributed by atoms with E-state index in [-0.39, 0.29) is 11.9 Å². The highest BCUT2D eigenvalue weighted by Crippen LogP contribution is 2.27. The van der Waals surface area contributed by atoms with Gasteiger partial charge in [-0.05, 0) is 56.2 Å². The smallest absolute Gasteiger partial charge is 0.225 e. The Morgan fingerprint density at radius 1 is 1.10 bits per heavy atom. The van der Waals surface area contributed by atoms with Crippen molar-refractivity contribution < 1.29 is 4.79 Å². The summed E-state index contributed by atoms with van der Waals surface area (Å²) in [4.78, 5) is 13.4. The standard InChI is InChI=1S/C15H13NOS3/c17-14(8-11-3-6-18-9-11)16-15(12-4-7-19-10-12)13-2-1-5-20-13/h1-7,9-10,15H,8H2,(H,16,17)/t15-/m1/s1. The van der Waals surface area contributed by atoms with Crippen LogP contribution in [0.5, 0.6) is 0 Å². The molecule has 20 heavy (non-hydrogen) atoms. The van der Waals surface area contributed by atoms with Crippen molar-refractivity contribution in [3.05, 3.63) is 67.2 Å². The third-order valence-corrected chi connectivity index (χ3v) is 5.33. The van der Waals surface area contributed by atoms with Crippen LogP contribution in [0.15, 0.2) is 51.2 Å². The van der Waals surface area contributed by atoms with E-state index in [0.29, 0.717) is 6.42 Å². The molecule has 3 rings (SSSR count). The lowest BCUT2D eigenvalue weighted by Crippen LogP contribution is -2.29. The lowest BCUT2D eigenvalue weighted by atomic mass is 10.1. The summed E-state index contributed by atoms with van der Waals surface area (Å²) in [5, 5.41) is 13.3. The molecule has 0 spiro atoms. The molecule has 0 aromatic carbocycles. The minimum absolute atomic E-state index is 0.0348. The molecule has 0 unspecified atom stereocenters. The zero-order chi connectivity index (χ0) is 13.8. The first-order chi connectivity index (χ1) is 9.83. The Morgan fingerprint density at radius 2 is 1.95 bits per heavy atom. The molecule has 3 heterocycles. The molecule has 1 atom stereocenters. The van der Waals surface area contributed by atoms with Crippen LogP contribution in [0.2, 0.25) is 0 Å². The predicted octanol–water partition coefficient (Wildman–Crippen LogP) is 4.32. The van der Waals surface area contributed by atoms with Crippen molar-refractivity contribution in [3.63, 3.8) is 0 Å². The molecule has 0 aliphatic carbocycles. The van der Waals surface area contributed by atoms with E-state index in [4.69, 9.17) is 0 Å². The Balaban J connectivity index is 1.75. The fraction of sp³-hybridized carbons (Fsp3) is 0.133. The molecule has 0 aliphatic rings. The summed E-state index contributed by atoms with van der Waals surface area (Å²) < 4.78 is 0. The SMILES string of the molecule is O=C(Cc1ccsc1)N[C@H](c1ccsc1)c1cccs1. The second-order valence-corrected chi connectivity index (χ2v) is 6.92. The number of amides is 1. The summed E-state index contributed by atoms with van der Waals surface area (Å²) >= 11 is 4.94. The van der Waals surface area contributed by atoms with Gasteiger partial charge in [-0.2, -0.15) is 22.7 Å². The monoisotopic (exact) mass is 319 g/mol. The average molecular weight is 319 g/mol. The molecule has 0 fully saturated rings. The van der Waals surface area contributed by atoms with Crippen molar-refractivity contribution >= 4 is 39.9 Å². The van der Waals surface area contributed by atoms with Crippen molar-refractivity contribution in [2.24, 2.45) is 0 Å². The first kappa shape index (κ1) is 13.5. The number of carbonyl (C=O) groups is 1. The van der Waals surface area contributed by atoms with Crippen molar-refractivity contribution in [2.75, 3.05) is 0 Å². The van der Waals surface area contributed by atoms with Crippen LogP contribution in [0.3, 0.4) is 0 Å². The van der Waals surface area contributed by atoms with Gasteiger partial charge >= 0.3 is 0 Å². The first-order valence-corrected chi connectivity index (χ1v) is 8.95. The highest BCUT2D eigenvalue weighted by Gasteiger charge is 2.18. The molecule has 1 amide bonds. The third kappa shape index (κ3) is 3.17. The Bertz CT molecular complexity index is 607. The fourth-order valence-corrected chi connectivity index (χ4v) is 4.16. The minimum atomic E-state index is -0.0348. The van der Waals surface area contributed by atoms with Crippen LogP contribution in [0.1, 0.15) is 22.0 Å². The number of thiophene rings is 3. The van der Waals surface area contributed by atoms with Crippen molar-refractivity contribution in [1.82, 2.24) is 5.32 Å². The van der Waals surface area contributed by atoms with Crippen LogP contribution in [-0.4, -0.2) is 5.91 Å². The van der Waals surface area contributed by atoms with Gasteiger partial charge in [-0.1, -0.05) is 6.07 Å². The summed E-state index contributed by atoms with van der Waals surface area (Å²) in [7, 11) is 0. The normalized spacial score (nSPS) is 12.2. The maximum absolute atomic E-state index is 12.2. The summed E-state index contributed by atoms with van der Waals surface area (Å²) in [6, 6.07) is 8.12. The summed E-state index contributed by atoms with van der Waals surface area (Å²) in [5.74, 6) is 0.0630. The molecule has 2 nitrogen and oxygen atoms in total. The highest BCUT2D eigenvalue weighted by molar-refractivity contribution is 7.10. The Labute approximate surface area is 129 Å². The van der Waals surface area contributed by atoms with Gasteiger partial charge in [0.15, 0.2) is 0 Å². The number of hydrogen-bond acceptors (Lipinski definition) is 4. The lowest BCUT2D eigenvalue weighted by molar-refractivity contribution is -0.120. The second kappa shape index (κ2) is 6.35. The van der Waals surface area contributed by atoms with E-state index >= 15 is 0 Å². The molecule has 0 bridgehead atoms. The molecular weight excluding hydrogens is 306 g/mol. The van der Waals surface area contributed by atoms with E-state index in [1.165, 1.54) is 4.88 Å². The van der Waals surface area contributed by atoms with E-state index in [0.717, 1.165) is 11.1 Å². The van der Waals surface area contributed by atoms with Gasteiger partial charge in [0.1, 0.15) is 0 Å². The largest absolute Gasteiger partial charge is 0.344 e. The Hall–Kier alpha value is -1.43. The second-order valence-electron chi connectivity index (χ2n) is 4.38. The van der Waals surface area contributed by atoms with Crippen molar-refractivity contribution in [2.45, 2.75) is 12.5 Å². The van der Waals surface area contributed by atoms with E-state index in [1.54, 1.807) is 34.0 Å². The van der Waals surface area contributed by atoms with E-state index in [1.807, 2.05) is 33.7 Å². The van der Waals surface area contributed by atoms with Gasteiger partial charge in [0.25, 0.3) is 0 Å². The lowest BCUT2D eigenvalue weighted by Gasteiger charge is -2.16. The van der Waals surface area contributed by atoms with Gasteiger partial charge in [0.2, 0.25) is 5.91 Å². The van der Waals surface area contributed by atoms with Gasteiger partial charge in [0.05, 0.1) is 12.5 Å². The predicted molar refractivity (Wildman–Crippen MR) is 86.6 cm³/mol. The van der Waals surface area contributed by atoms with Gasteiger partial charge in [-0.25, -0.2) is 0 Å². The molecule has 3 aromatic heterocycles. The molecule has 102 valence electrons. The van der Waals surface area contributed by atoms with Crippen LogP contribution in [0.25, 0.3) is 0 Å². The maximum atomic E-state index is 12.2. The van der Waals surface area contributed by atoms with Gasteiger partial charge in [-0.15, -0.1) is 11.3 Å². The number of hydrogen-bond donors (Lipinski definition) is 1. The van der Waals surface area contributed by atoms with E-state index in [9.17, 15) is 4.79 Å². The summed E-state index contributed by atoms with van der Waals surface area (Å²) in [6.07, 6.45) is 0.440. The van der Waals surface area contributed by atoms with Gasteiger partial charge in [0, 0.05) is 4.88 Å². The molecule has 3 aromatic rings. The molecular formula is C15H13NOS3. The number of nitrogens with one attached hydrogen (secondary N) is 1. The maximum Gasteiger partial charge on any atom is 0.225 e. The number of carbonyl (C=O) groups excluding carboxylic acids is 1. The van der Waals surface area contributed by atoms with Crippen molar-refractivity contribution in [1.29, 1.82) is 0 Å². The van der Waals surface area contributed by atoms with Crippen LogP contribution in [0, 0.1) is 0 Å². The fourth-order valence-electron chi connectivity index (χ4n) is 2.00. The summed E-state index contributed by atoms with van der Waals surface area (Å²) in [5.41, 5.74) is 2.22. The van der Waals surface area contributed by atoms with Crippen molar-refractivity contribution in [3.8, 4) is 0 Å². The van der Waals surface area contributed by atoms with E-state index < -0.39 is 0 Å². The van der Waals surface area contributed by atoms with E-state index in [2.05, 4.69) is 22.8 Å². The van der Waals surface area contributed by atoms with Crippen LogP contribution in [-0.2, 0) is 11.2 Å². The van der Waals surface area contributed by atoms with Crippen LogP contribution in [0.4, 0.5) is 0 Å². The average Bonchev–Trinajstić information content (AvgIpc) is 3.18. The first-order valence-electron chi connectivity index (χ1n) is 6.19. The summed E-state index contributed by atoms with van der Waals surface area (Å²) in [6.45, 7) is 0. The Kier molecular flexibility index (Phi) is 4.30. The van der Waals surface area contributed by atoms with Crippen LogP contribution >= 0.6 is 34.0 Å². The number of rotatable bonds is 5. The molecule has 1 N–H and O–H groups in total. The molecule has 0 radical (unpaired) electrons. The molecule has 0 saturated heterocycles. The molecule has 0 aliphatic heterocycles. The zero-order valence-electron chi connectivity index (χ0n) is 10.6. The topological polar surface area (TPSA) is 29.1 Å². The minimum Gasteiger partial charge on any atom is -0.344 e. The molecule has 5 heteroatoms. The van der Waals surface area contributed by atoms with Gasteiger partial charge < -0.3 is 5.32 Å². The van der Waals surface area contributed by atoms with Gasteiger partial charge in [-0.3, -0.25) is 4.79 Å². The third-order valence-electron chi connectivity index (χ3n) is 2.95. The quantitative estimate of drug-likeness (QED) is 0.745. The Morgan fingerprint density at radius 3 is 2.60 bits per heavy atom. The highest BCUT2D eigenvalue weighted by atomic mass is 32.1. The van der Waals surface area contributed by atoms with Crippen LogP contribution < -0.4 is 5.32 Å².